The molecule has 0 aliphatic heterocycles. The molecule has 2 aromatic rings. The highest BCUT2D eigenvalue weighted by Gasteiger charge is 2.17. The summed E-state index contributed by atoms with van der Waals surface area (Å²) in [6.45, 7) is 0.325. The molecule has 1 aromatic heterocycles. The van der Waals surface area contributed by atoms with E-state index in [2.05, 4.69) is 5.10 Å². The molecule has 0 radical (unpaired) electrons. The third-order valence-electron chi connectivity index (χ3n) is 2.78. The highest BCUT2D eigenvalue weighted by Crippen LogP contribution is 2.36. The molecule has 0 aliphatic rings. The first-order valence-corrected chi connectivity index (χ1v) is 8.89. The van der Waals surface area contributed by atoms with Crippen LogP contribution in [-0.4, -0.2) is 24.8 Å². The maximum Gasteiger partial charge on any atom is 0.261 e. The number of aryl methyl sites for hydroxylation is 1. The van der Waals surface area contributed by atoms with Crippen LogP contribution in [-0.2, 0) is 22.5 Å². The van der Waals surface area contributed by atoms with E-state index in [4.69, 9.17) is 38.6 Å². The molecule has 0 atom stereocenters. The van der Waals surface area contributed by atoms with Crippen LogP contribution in [0.25, 0.3) is 0 Å². The average Bonchev–Trinajstić information content (AvgIpc) is 2.77. The van der Waals surface area contributed by atoms with Gasteiger partial charge in [-0.15, -0.1) is 0 Å². The molecule has 2 rings (SSSR count). The van der Waals surface area contributed by atoms with Gasteiger partial charge >= 0.3 is 0 Å². The van der Waals surface area contributed by atoms with E-state index in [-0.39, 0.29) is 20.7 Å². The number of benzene rings is 1. The molecule has 5 nitrogen and oxygen atoms in total. The zero-order valence-corrected chi connectivity index (χ0v) is 14.0. The summed E-state index contributed by atoms with van der Waals surface area (Å²) in [5.41, 5.74) is 0.988. The second kappa shape index (κ2) is 6.44. The van der Waals surface area contributed by atoms with E-state index in [9.17, 15) is 8.42 Å². The summed E-state index contributed by atoms with van der Waals surface area (Å²) in [6, 6.07) is 4.28. The molecule has 0 amide bonds. The first-order valence-electron chi connectivity index (χ1n) is 5.82. The van der Waals surface area contributed by atoms with Gasteiger partial charge in [-0.2, -0.15) is 5.10 Å². The van der Waals surface area contributed by atoms with Crippen LogP contribution in [0, 0.1) is 0 Å². The molecule has 0 fully saturated rings. The van der Waals surface area contributed by atoms with Crippen LogP contribution >= 0.6 is 33.9 Å². The Morgan fingerprint density at radius 2 is 1.90 bits per heavy atom. The standard InChI is InChI=1S/C12H11Cl3N2O3S/c1-17-8(2-4-16-17)3-5-20-12-10(13)6-9(7-11(12)14)21(15,18)19/h2,4,6-7H,3,5H2,1H3. The lowest BCUT2D eigenvalue weighted by Gasteiger charge is -2.11. The molecular weight excluding hydrogens is 359 g/mol. The van der Waals surface area contributed by atoms with Crippen LogP contribution in [0.15, 0.2) is 29.3 Å². The fourth-order valence-corrected chi connectivity index (χ4v) is 3.23. The highest BCUT2D eigenvalue weighted by atomic mass is 35.7. The van der Waals surface area contributed by atoms with Crippen LogP contribution < -0.4 is 4.74 Å². The van der Waals surface area contributed by atoms with E-state index >= 15 is 0 Å². The lowest BCUT2D eigenvalue weighted by Crippen LogP contribution is -2.06. The lowest BCUT2D eigenvalue weighted by atomic mass is 10.3. The number of nitrogens with zero attached hydrogens (tertiary/aromatic N) is 2. The van der Waals surface area contributed by atoms with E-state index in [1.807, 2.05) is 13.1 Å². The molecule has 0 bridgehead atoms. The van der Waals surface area contributed by atoms with Crippen molar-refractivity contribution in [1.82, 2.24) is 9.78 Å². The quantitative estimate of drug-likeness (QED) is 0.759. The largest absolute Gasteiger partial charge is 0.490 e. The van der Waals surface area contributed by atoms with Crippen molar-refractivity contribution in [2.75, 3.05) is 6.61 Å². The molecule has 114 valence electrons. The lowest BCUT2D eigenvalue weighted by molar-refractivity contribution is 0.318. The Bertz CT molecular complexity index is 736. The van der Waals surface area contributed by atoms with Crippen molar-refractivity contribution in [2.45, 2.75) is 11.3 Å². The summed E-state index contributed by atoms with van der Waals surface area (Å²) in [5.74, 6) is 0.226. The van der Waals surface area contributed by atoms with E-state index < -0.39 is 9.05 Å². The Kier molecular flexibility index (Phi) is 5.03. The summed E-state index contributed by atoms with van der Waals surface area (Å²) in [7, 11) is 3.19. The number of aromatic nitrogens is 2. The summed E-state index contributed by atoms with van der Waals surface area (Å²) in [5, 5.41) is 4.22. The minimum atomic E-state index is -3.89. The highest BCUT2D eigenvalue weighted by molar-refractivity contribution is 8.13. The van der Waals surface area contributed by atoms with Gasteiger partial charge < -0.3 is 4.74 Å². The molecule has 0 aliphatic carbocycles. The van der Waals surface area contributed by atoms with Crippen molar-refractivity contribution < 1.29 is 13.2 Å². The van der Waals surface area contributed by atoms with Gasteiger partial charge in [-0.3, -0.25) is 4.68 Å². The van der Waals surface area contributed by atoms with Gasteiger partial charge in [0.05, 0.1) is 21.5 Å². The van der Waals surface area contributed by atoms with Crippen molar-refractivity contribution in [2.24, 2.45) is 7.05 Å². The number of halogens is 3. The number of ether oxygens (including phenoxy) is 1. The normalized spacial score (nSPS) is 11.6. The van der Waals surface area contributed by atoms with Gasteiger partial charge in [0, 0.05) is 36.0 Å². The first-order chi connectivity index (χ1) is 9.79. The van der Waals surface area contributed by atoms with Crippen molar-refractivity contribution in [3.8, 4) is 5.75 Å². The predicted octanol–water partition coefficient (Wildman–Crippen LogP) is 3.28. The van der Waals surface area contributed by atoms with Gasteiger partial charge in [-0.25, -0.2) is 8.42 Å². The zero-order valence-electron chi connectivity index (χ0n) is 10.9. The predicted molar refractivity (Wildman–Crippen MR) is 81.9 cm³/mol. The van der Waals surface area contributed by atoms with Gasteiger partial charge in [-0.05, 0) is 18.2 Å². The fourth-order valence-electron chi connectivity index (χ4n) is 1.72. The zero-order chi connectivity index (χ0) is 15.6. The molecule has 1 aromatic carbocycles. The number of rotatable bonds is 5. The van der Waals surface area contributed by atoms with Crippen molar-refractivity contribution in [3.05, 3.63) is 40.1 Å². The molecule has 0 saturated heterocycles. The number of hydrogen-bond donors (Lipinski definition) is 0. The third kappa shape index (κ3) is 4.03. The minimum absolute atomic E-state index is 0.0896. The Balaban J connectivity index is 2.12. The van der Waals surface area contributed by atoms with Gasteiger partial charge in [0.1, 0.15) is 0 Å². The summed E-state index contributed by atoms with van der Waals surface area (Å²) in [4.78, 5) is -0.168. The maximum absolute atomic E-state index is 11.3. The van der Waals surface area contributed by atoms with Crippen molar-refractivity contribution >= 4 is 42.9 Å². The second-order valence-corrected chi connectivity index (χ2v) is 7.58. The van der Waals surface area contributed by atoms with Gasteiger partial charge in [0.2, 0.25) is 0 Å². The Morgan fingerprint density at radius 1 is 1.29 bits per heavy atom. The monoisotopic (exact) mass is 368 g/mol. The third-order valence-corrected chi connectivity index (χ3v) is 4.68. The Labute approximate surface area is 136 Å². The maximum atomic E-state index is 11.3. The summed E-state index contributed by atoms with van der Waals surface area (Å²) in [6.07, 6.45) is 2.30. The molecule has 9 heteroatoms. The van der Waals surface area contributed by atoms with E-state index in [1.54, 1.807) is 10.9 Å². The molecule has 0 N–H and O–H groups in total. The van der Waals surface area contributed by atoms with Gasteiger partial charge in [0.25, 0.3) is 9.05 Å². The van der Waals surface area contributed by atoms with Crippen LogP contribution in [0.5, 0.6) is 5.75 Å². The SMILES string of the molecule is Cn1nccc1CCOc1c(Cl)cc(S(=O)(=O)Cl)cc1Cl. The summed E-state index contributed by atoms with van der Waals surface area (Å²) < 4.78 is 29.8. The van der Waals surface area contributed by atoms with Gasteiger partial charge in [-0.1, -0.05) is 23.2 Å². The van der Waals surface area contributed by atoms with E-state index in [0.717, 1.165) is 5.69 Å². The van der Waals surface area contributed by atoms with E-state index in [0.29, 0.717) is 13.0 Å². The van der Waals surface area contributed by atoms with Crippen LogP contribution in [0.1, 0.15) is 5.69 Å². The van der Waals surface area contributed by atoms with Crippen molar-refractivity contribution in [3.63, 3.8) is 0 Å². The second-order valence-electron chi connectivity index (χ2n) is 4.20. The molecule has 0 spiro atoms. The Morgan fingerprint density at radius 3 is 2.38 bits per heavy atom. The average molecular weight is 370 g/mol. The molecule has 21 heavy (non-hydrogen) atoms. The van der Waals surface area contributed by atoms with Crippen molar-refractivity contribution in [1.29, 1.82) is 0 Å². The van der Waals surface area contributed by atoms with Crippen LogP contribution in [0.4, 0.5) is 0 Å². The Hall–Kier alpha value is -0.950. The molecular formula is C12H11Cl3N2O3S. The van der Waals surface area contributed by atoms with Crippen LogP contribution in [0.3, 0.4) is 0 Å². The topological polar surface area (TPSA) is 61.2 Å². The molecule has 0 unspecified atom stereocenters. The smallest absolute Gasteiger partial charge is 0.261 e. The first kappa shape index (κ1) is 16.4. The number of hydrogen-bond acceptors (Lipinski definition) is 4. The fraction of sp³-hybridized carbons (Fsp3) is 0.250. The summed E-state index contributed by atoms with van der Waals surface area (Å²) >= 11 is 12.0. The molecule has 1 heterocycles. The van der Waals surface area contributed by atoms with E-state index in [1.165, 1.54) is 12.1 Å². The minimum Gasteiger partial charge on any atom is -0.490 e. The van der Waals surface area contributed by atoms with Gasteiger partial charge in [0.15, 0.2) is 5.75 Å². The van der Waals surface area contributed by atoms with Crippen LogP contribution in [0.2, 0.25) is 10.0 Å². The molecule has 0 saturated carbocycles.